The summed E-state index contributed by atoms with van der Waals surface area (Å²) in [6.07, 6.45) is 0.829. The Morgan fingerprint density at radius 1 is 1.23 bits per heavy atom. The Balaban J connectivity index is 1.90. The van der Waals surface area contributed by atoms with Crippen molar-refractivity contribution in [2.45, 2.75) is 26.3 Å². The summed E-state index contributed by atoms with van der Waals surface area (Å²) in [7, 11) is 0. The van der Waals surface area contributed by atoms with Crippen molar-refractivity contribution < 1.29 is 9.53 Å². The van der Waals surface area contributed by atoms with Gasteiger partial charge in [-0.25, -0.2) is 0 Å². The van der Waals surface area contributed by atoms with Gasteiger partial charge in [-0.3, -0.25) is 4.79 Å². The fourth-order valence-electron chi connectivity index (χ4n) is 2.20. The lowest BCUT2D eigenvalue weighted by atomic mass is 10.0. The van der Waals surface area contributed by atoms with Crippen LogP contribution in [0.3, 0.4) is 0 Å². The molecule has 0 aliphatic carbocycles. The van der Waals surface area contributed by atoms with E-state index in [1.54, 1.807) is 12.1 Å². The van der Waals surface area contributed by atoms with Gasteiger partial charge in [0.05, 0.1) is 6.04 Å². The SMILES string of the molecule is CCC(NC(=O)COc1ccc(Cl)c(C)c1)c1ccccc1. The highest BCUT2D eigenvalue weighted by Gasteiger charge is 2.12. The van der Waals surface area contributed by atoms with E-state index < -0.39 is 0 Å². The summed E-state index contributed by atoms with van der Waals surface area (Å²) in [4.78, 5) is 12.0. The molecule has 22 heavy (non-hydrogen) atoms. The number of benzene rings is 2. The van der Waals surface area contributed by atoms with Crippen molar-refractivity contribution in [2.75, 3.05) is 6.61 Å². The largest absolute Gasteiger partial charge is 0.484 e. The van der Waals surface area contributed by atoms with Gasteiger partial charge < -0.3 is 10.1 Å². The average Bonchev–Trinajstić information content (AvgIpc) is 2.54. The molecule has 0 fully saturated rings. The molecule has 2 rings (SSSR count). The molecule has 1 N–H and O–H groups in total. The highest BCUT2D eigenvalue weighted by Crippen LogP contribution is 2.21. The Morgan fingerprint density at radius 2 is 1.95 bits per heavy atom. The molecular weight excluding hydrogens is 298 g/mol. The molecular formula is C18H20ClNO2. The van der Waals surface area contributed by atoms with Crippen molar-refractivity contribution in [1.82, 2.24) is 5.32 Å². The molecule has 116 valence electrons. The van der Waals surface area contributed by atoms with E-state index in [-0.39, 0.29) is 18.6 Å². The van der Waals surface area contributed by atoms with Crippen LogP contribution in [0.5, 0.6) is 5.75 Å². The lowest BCUT2D eigenvalue weighted by Crippen LogP contribution is -2.32. The minimum Gasteiger partial charge on any atom is -0.484 e. The Hall–Kier alpha value is -2.00. The molecule has 1 atom stereocenters. The molecule has 0 saturated carbocycles. The number of hydrogen-bond acceptors (Lipinski definition) is 2. The number of rotatable bonds is 6. The fraction of sp³-hybridized carbons (Fsp3) is 0.278. The zero-order valence-corrected chi connectivity index (χ0v) is 13.6. The van der Waals surface area contributed by atoms with Crippen LogP contribution in [0.15, 0.2) is 48.5 Å². The summed E-state index contributed by atoms with van der Waals surface area (Å²) in [5.74, 6) is 0.508. The van der Waals surface area contributed by atoms with E-state index in [0.717, 1.165) is 17.5 Å². The Kier molecular flexibility index (Phi) is 5.84. The predicted octanol–water partition coefficient (Wildman–Crippen LogP) is 4.29. The quantitative estimate of drug-likeness (QED) is 0.863. The molecule has 2 aromatic rings. The van der Waals surface area contributed by atoms with Gasteiger partial charge in [0.25, 0.3) is 5.91 Å². The zero-order valence-electron chi connectivity index (χ0n) is 12.8. The molecule has 0 radical (unpaired) electrons. The summed E-state index contributed by atoms with van der Waals surface area (Å²) in [5.41, 5.74) is 2.02. The van der Waals surface area contributed by atoms with Crippen LogP contribution in [-0.4, -0.2) is 12.5 Å². The number of hydrogen-bond donors (Lipinski definition) is 1. The molecule has 0 bridgehead atoms. The molecule has 0 heterocycles. The van der Waals surface area contributed by atoms with Crippen LogP contribution in [0.25, 0.3) is 0 Å². The van der Waals surface area contributed by atoms with Gasteiger partial charge in [0.15, 0.2) is 6.61 Å². The van der Waals surface area contributed by atoms with Gasteiger partial charge in [0.2, 0.25) is 0 Å². The second kappa shape index (κ2) is 7.85. The molecule has 0 aliphatic rings. The Bertz CT molecular complexity index is 628. The maximum Gasteiger partial charge on any atom is 0.258 e. The van der Waals surface area contributed by atoms with Gasteiger partial charge in [0.1, 0.15) is 5.75 Å². The highest BCUT2D eigenvalue weighted by molar-refractivity contribution is 6.31. The van der Waals surface area contributed by atoms with Crippen LogP contribution >= 0.6 is 11.6 Å². The van der Waals surface area contributed by atoms with E-state index in [1.807, 2.05) is 50.2 Å². The van der Waals surface area contributed by atoms with Crippen LogP contribution < -0.4 is 10.1 Å². The van der Waals surface area contributed by atoms with E-state index in [2.05, 4.69) is 5.32 Å². The number of amides is 1. The zero-order chi connectivity index (χ0) is 15.9. The van der Waals surface area contributed by atoms with E-state index in [4.69, 9.17) is 16.3 Å². The van der Waals surface area contributed by atoms with Crippen molar-refractivity contribution in [2.24, 2.45) is 0 Å². The van der Waals surface area contributed by atoms with Gasteiger partial charge in [-0.2, -0.15) is 0 Å². The molecule has 2 aromatic carbocycles. The van der Waals surface area contributed by atoms with Crippen LogP contribution in [0.1, 0.15) is 30.5 Å². The van der Waals surface area contributed by atoms with Crippen LogP contribution in [0.4, 0.5) is 0 Å². The van der Waals surface area contributed by atoms with Crippen molar-refractivity contribution in [3.8, 4) is 5.75 Å². The van der Waals surface area contributed by atoms with Crippen LogP contribution in [-0.2, 0) is 4.79 Å². The van der Waals surface area contributed by atoms with Gasteiger partial charge >= 0.3 is 0 Å². The number of ether oxygens (including phenoxy) is 1. The maximum absolute atomic E-state index is 12.0. The van der Waals surface area contributed by atoms with Crippen molar-refractivity contribution in [3.05, 3.63) is 64.7 Å². The second-order valence-corrected chi connectivity index (χ2v) is 5.55. The Morgan fingerprint density at radius 3 is 2.59 bits per heavy atom. The minimum atomic E-state index is -0.136. The van der Waals surface area contributed by atoms with Gasteiger partial charge in [0, 0.05) is 5.02 Å². The first-order valence-corrected chi connectivity index (χ1v) is 7.71. The van der Waals surface area contributed by atoms with Gasteiger partial charge in [-0.1, -0.05) is 48.9 Å². The van der Waals surface area contributed by atoms with E-state index >= 15 is 0 Å². The van der Waals surface area contributed by atoms with E-state index in [9.17, 15) is 4.79 Å². The number of halogens is 1. The molecule has 1 amide bonds. The summed E-state index contributed by atoms with van der Waals surface area (Å²) >= 11 is 5.96. The Labute approximate surface area is 136 Å². The number of nitrogens with one attached hydrogen (secondary N) is 1. The first kappa shape index (κ1) is 16.4. The first-order chi connectivity index (χ1) is 10.6. The van der Waals surface area contributed by atoms with Crippen molar-refractivity contribution in [3.63, 3.8) is 0 Å². The third-order valence-corrected chi connectivity index (χ3v) is 3.87. The summed E-state index contributed by atoms with van der Waals surface area (Å²) < 4.78 is 5.51. The smallest absolute Gasteiger partial charge is 0.258 e. The summed E-state index contributed by atoms with van der Waals surface area (Å²) in [6.45, 7) is 3.93. The number of carbonyl (C=O) groups is 1. The van der Waals surface area contributed by atoms with E-state index in [0.29, 0.717) is 10.8 Å². The standard InChI is InChI=1S/C18H20ClNO2/c1-3-17(14-7-5-4-6-8-14)20-18(21)12-22-15-9-10-16(19)13(2)11-15/h4-11,17H,3,12H2,1-2H3,(H,20,21). The molecule has 4 heteroatoms. The van der Waals surface area contributed by atoms with Gasteiger partial charge in [-0.05, 0) is 42.7 Å². The fourth-order valence-corrected chi connectivity index (χ4v) is 2.32. The normalized spacial score (nSPS) is 11.8. The van der Waals surface area contributed by atoms with Crippen molar-refractivity contribution >= 4 is 17.5 Å². The molecule has 0 spiro atoms. The molecule has 0 aromatic heterocycles. The molecule has 1 unspecified atom stereocenters. The molecule has 0 saturated heterocycles. The average molecular weight is 318 g/mol. The van der Waals surface area contributed by atoms with Crippen LogP contribution in [0, 0.1) is 6.92 Å². The number of aryl methyl sites for hydroxylation is 1. The predicted molar refractivity (Wildman–Crippen MR) is 89.3 cm³/mol. The second-order valence-electron chi connectivity index (χ2n) is 5.14. The summed E-state index contributed by atoms with van der Waals surface area (Å²) in [6, 6.07) is 15.3. The molecule has 3 nitrogen and oxygen atoms in total. The third kappa shape index (κ3) is 4.50. The highest BCUT2D eigenvalue weighted by atomic mass is 35.5. The maximum atomic E-state index is 12.0. The van der Waals surface area contributed by atoms with E-state index in [1.165, 1.54) is 0 Å². The monoisotopic (exact) mass is 317 g/mol. The van der Waals surface area contributed by atoms with Crippen molar-refractivity contribution in [1.29, 1.82) is 0 Å². The first-order valence-electron chi connectivity index (χ1n) is 7.33. The van der Waals surface area contributed by atoms with Crippen LogP contribution in [0.2, 0.25) is 5.02 Å². The lowest BCUT2D eigenvalue weighted by molar-refractivity contribution is -0.123. The van der Waals surface area contributed by atoms with Gasteiger partial charge in [-0.15, -0.1) is 0 Å². The summed E-state index contributed by atoms with van der Waals surface area (Å²) in [5, 5.41) is 3.68. The number of carbonyl (C=O) groups excluding carboxylic acids is 1. The molecule has 0 aliphatic heterocycles. The topological polar surface area (TPSA) is 38.3 Å². The minimum absolute atomic E-state index is 0.00394. The lowest BCUT2D eigenvalue weighted by Gasteiger charge is -2.17. The third-order valence-electron chi connectivity index (χ3n) is 3.44.